The van der Waals surface area contributed by atoms with Crippen LogP contribution in [0, 0.1) is 0 Å². The van der Waals surface area contributed by atoms with Gasteiger partial charge in [-0.3, -0.25) is 4.79 Å². The highest BCUT2D eigenvalue weighted by molar-refractivity contribution is 7.99. The third kappa shape index (κ3) is 4.29. The second-order valence-corrected chi connectivity index (χ2v) is 6.81. The smallest absolute Gasteiger partial charge is 0.258 e. The second kappa shape index (κ2) is 7.71. The molecule has 2 aromatic carbocycles. The van der Waals surface area contributed by atoms with Crippen molar-refractivity contribution < 1.29 is 4.79 Å². The number of anilines is 1. The molecular weight excluding hydrogens is 363 g/mol. The van der Waals surface area contributed by atoms with Gasteiger partial charge in [0, 0.05) is 26.8 Å². The summed E-state index contributed by atoms with van der Waals surface area (Å²) in [7, 11) is 0. The van der Waals surface area contributed by atoms with Crippen LogP contribution in [-0.2, 0) is 0 Å². The van der Waals surface area contributed by atoms with E-state index in [-0.39, 0.29) is 5.91 Å². The summed E-state index contributed by atoms with van der Waals surface area (Å²) in [6.45, 7) is 0. The minimum absolute atomic E-state index is 0.220. The van der Waals surface area contributed by atoms with Crippen LogP contribution in [0.2, 0.25) is 10.0 Å². The van der Waals surface area contributed by atoms with Gasteiger partial charge < -0.3 is 5.32 Å². The molecule has 24 heavy (non-hydrogen) atoms. The van der Waals surface area contributed by atoms with Crippen LogP contribution in [0.15, 0.2) is 76.8 Å². The molecule has 0 aliphatic rings. The maximum atomic E-state index is 12.5. The highest BCUT2D eigenvalue weighted by Crippen LogP contribution is 2.30. The van der Waals surface area contributed by atoms with Gasteiger partial charge in [0.25, 0.3) is 5.91 Å². The summed E-state index contributed by atoms with van der Waals surface area (Å²) in [5, 5.41) is 4.77. The standard InChI is InChI=1S/C18H12Cl2N2OS/c19-12-3-7-14(8-4-12)22-17(23)16-2-1-11-21-18(16)24-15-9-5-13(20)6-10-15/h1-11H,(H,22,23). The van der Waals surface area contributed by atoms with Gasteiger partial charge in [0.1, 0.15) is 5.03 Å². The summed E-state index contributed by atoms with van der Waals surface area (Å²) < 4.78 is 0. The molecule has 1 aromatic heterocycles. The van der Waals surface area contributed by atoms with Crippen molar-refractivity contribution in [2.75, 3.05) is 5.32 Å². The first-order chi connectivity index (χ1) is 11.6. The van der Waals surface area contributed by atoms with Gasteiger partial charge in [-0.05, 0) is 60.7 Å². The SMILES string of the molecule is O=C(Nc1ccc(Cl)cc1)c1cccnc1Sc1ccc(Cl)cc1. The molecule has 0 atom stereocenters. The van der Waals surface area contributed by atoms with Gasteiger partial charge in [-0.15, -0.1) is 0 Å². The van der Waals surface area contributed by atoms with E-state index >= 15 is 0 Å². The largest absolute Gasteiger partial charge is 0.322 e. The molecule has 0 spiro atoms. The van der Waals surface area contributed by atoms with Crippen LogP contribution in [-0.4, -0.2) is 10.9 Å². The first-order valence-corrected chi connectivity index (χ1v) is 8.64. The van der Waals surface area contributed by atoms with Gasteiger partial charge >= 0.3 is 0 Å². The Morgan fingerprint density at radius 3 is 2.21 bits per heavy atom. The van der Waals surface area contributed by atoms with Crippen LogP contribution in [0.25, 0.3) is 0 Å². The van der Waals surface area contributed by atoms with E-state index in [0.717, 1.165) is 4.90 Å². The quantitative estimate of drug-likeness (QED) is 0.627. The van der Waals surface area contributed by atoms with Gasteiger partial charge in [-0.25, -0.2) is 4.98 Å². The number of nitrogens with one attached hydrogen (secondary N) is 1. The number of rotatable bonds is 4. The molecular formula is C18H12Cl2N2OS. The summed E-state index contributed by atoms with van der Waals surface area (Å²) >= 11 is 13.2. The van der Waals surface area contributed by atoms with Crippen LogP contribution in [0.1, 0.15) is 10.4 Å². The number of benzene rings is 2. The molecule has 3 rings (SSSR count). The fraction of sp³-hybridized carbons (Fsp3) is 0. The van der Waals surface area contributed by atoms with Crippen molar-refractivity contribution in [3.63, 3.8) is 0 Å². The number of amides is 1. The van der Waals surface area contributed by atoms with Crippen molar-refractivity contribution in [3.8, 4) is 0 Å². The Bertz CT molecular complexity index is 852. The fourth-order valence-corrected chi connectivity index (χ4v) is 3.12. The summed E-state index contributed by atoms with van der Waals surface area (Å²) in [6, 6.07) is 17.8. The molecule has 0 saturated heterocycles. The molecule has 0 bridgehead atoms. The van der Waals surface area contributed by atoms with E-state index in [1.54, 1.807) is 54.7 Å². The van der Waals surface area contributed by atoms with Crippen LogP contribution >= 0.6 is 35.0 Å². The molecule has 1 N–H and O–H groups in total. The second-order valence-electron chi connectivity index (χ2n) is 4.87. The number of aromatic nitrogens is 1. The van der Waals surface area contributed by atoms with Crippen LogP contribution in [0.5, 0.6) is 0 Å². The van der Waals surface area contributed by atoms with Gasteiger partial charge in [0.05, 0.1) is 5.56 Å². The highest BCUT2D eigenvalue weighted by Gasteiger charge is 2.13. The first-order valence-electron chi connectivity index (χ1n) is 7.07. The Labute approximate surface area is 154 Å². The Hall–Kier alpha value is -2.01. The topological polar surface area (TPSA) is 42.0 Å². The van der Waals surface area contributed by atoms with Gasteiger partial charge in [-0.1, -0.05) is 35.0 Å². The van der Waals surface area contributed by atoms with E-state index in [2.05, 4.69) is 10.3 Å². The molecule has 0 radical (unpaired) electrons. The van der Waals surface area contributed by atoms with Crippen LogP contribution in [0.4, 0.5) is 5.69 Å². The Kier molecular flexibility index (Phi) is 5.41. The van der Waals surface area contributed by atoms with E-state index in [0.29, 0.717) is 26.3 Å². The molecule has 0 aliphatic heterocycles. The number of carbonyl (C=O) groups excluding carboxylic acids is 1. The van der Waals surface area contributed by atoms with Crippen LogP contribution in [0.3, 0.4) is 0 Å². The number of hydrogen-bond acceptors (Lipinski definition) is 3. The van der Waals surface area contributed by atoms with E-state index in [9.17, 15) is 4.79 Å². The number of hydrogen-bond donors (Lipinski definition) is 1. The number of pyridine rings is 1. The maximum Gasteiger partial charge on any atom is 0.258 e. The average molecular weight is 375 g/mol. The van der Waals surface area contributed by atoms with Crippen molar-refractivity contribution in [2.45, 2.75) is 9.92 Å². The van der Waals surface area contributed by atoms with Crippen molar-refractivity contribution in [1.29, 1.82) is 0 Å². The maximum absolute atomic E-state index is 12.5. The van der Waals surface area contributed by atoms with Gasteiger partial charge in [0.2, 0.25) is 0 Å². The van der Waals surface area contributed by atoms with E-state index in [1.807, 2.05) is 12.1 Å². The molecule has 1 amide bonds. The number of nitrogens with zero attached hydrogens (tertiary/aromatic N) is 1. The Balaban J connectivity index is 1.81. The van der Waals surface area contributed by atoms with Gasteiger partial charge in [0.15, 0.2) is 0 Å². The minimum atomic E-state index is -0.220. The fourth-order valence-electron chi connectivity index (χ4n) is 1.99. The molecule has 6 heteroatoms. The molecule has 0 aliphatic carbocycles. The monoisotopic (exact) mass is 374 g/mol. The summed E-state index contributed by atoms with van der Waals surface area (Å²) in [4.78, 5) is 17.8. The van der Waals surface area contributed by atoms with Crippen molar-refractivity contribution in [1.82, 2.24) is 4.98 Å². The zero-order valence-corrected chi connectivity index (χ0v) is 14.7. The zero-order chi connectivity index (χ0) is 16.9. The lowest BCUT2D eigenvalue weighted by Crippen LogP contribution is -2.13. The summed E-state index contributed by atoms with van der Waals surface area (Å²) in [5.41, 5.74) is 1.18. The highest BCUT2D eigenvalue weighted by atomic mass is 35.5. The summed E-state index contributed by atoms with van der Waals surface area (Å²) in [6.07, 6.45) is 1.66. The van der Waals surface area contributed by atoms with E-state index in [4.69, 9.17) is 23.2 Å². The molecule has 3 nitrogen and oxygen atoms in total. The number of halogens is 2. The molecule has 0 unspecified atom stereocenters. The lowest BCUT2D eigenvalue weighted by molar-refractivity contribution is 0.102. The molecule has 1 heterocycles. The molecule has 0 saturated carbocycles. The Morgan fingerprint density at radius 2 is 1.54 bits per heavy atom. The third-order valence-corrected chi connectivity index (χ3v) is 4.68. The first kappa shape index (κ1) is 16.8. The van der Waals surface area contributed by atoms with Gasteiger partial charge in [-0.2, -0.15) is 0 Å². The molecule has 0 fully saturated rings. The number of carbonyl (C=O) groups is 1. The lowest BCUT2D eigenvalue weighted by Gasteiger charge is -2.09. The van der Waals surface area contributed by atoms with Crippen molar-refractivity contribution in [2.24, 2.45) is 0 Å². The molecule has 120 valence electrons. The predicted molar refractivity (Wildman–Crippen MR) is 99.2 cm³/mol. The van der Waals surface area contributed by atoms with Crippen LogP contribution < -0.4 is 5.32 Å². The van der Waals surface area contributed by atoms with Crippen molar-refractivity contribution >= 4 is 46.6 Å². The minimum Gasteiger partial charge on any atom is -0.322 e. The predicted octanol–water partition coefficient (Wildman–Crippen LogP) is 5.79. The zero-order valence-electron chi connectivity index (χ0n) is 12.4. The van der Waals surface area contributed by atoms with E-state index < -0.39 is 0 Å². The average Bonchev–Trinajstić information content (AvgIpc) is 2.59. The lowest BCUT2D eigenvalue weighted by atomic mass is 10.2. The van der Waals surface area contributed by atoms with E-state index in [1.165, 1.54) is 11.8 Å². The Morgan fingerprint density at radius 1 is 0.917 bits per heavy atom. The summed E-state index contributed by atoms with van der Waals surface area (Å²) in [5.74, 6) is -0.220. The molecule has 3 aromatic rings. The van der Waals surface area contributed by atoms with Crippen molar-refractivity contribution in [3.05, 3.63) is 82.5 Å². The third-order valence-electron chi connectivity index (χ3n) is 3.15. The normalized spacial score (nSPS) is 10.4.